The van der Waals surface area contributed by atoms with Gasteiger partial charge >= 0.3 is 0 Å². The fourth-order valence-electron chi connectivity index (χ4n) is 3.21. The van der Waals surface area contributed by atoms with Crippen LogP contribution >= 0.6 is 0 Å². The first kappa shape index (κ1) is 12.0. The van der Waals surface area contributed by atoms with Gasteiger partial charge in [0, 0.05) is 52.1 Å². The standard InChI is InChI=1S/2C7H12N2/c2*1-3-7-8-4-2-6-9(7)5-1/h2*1-6H2. The van der Waals surface area contributed by atoms with Crippen molar-refractivity contribution >= 4 is 11.7 Å². The predicted molar refractivity (Wildman–Crippen MR) is 75.5 cm³/mol. The Bertz CT molecular complexity index is 314. The van der Waals surface area contributed by atoms with Gasteiger partial charge < -0.3 is 9.80 Å². The first-order valence-corrected chi connectivity index (χ1v) is 7.50. The second kappa shape index (κ2) is 5.72. The highest BCUT2D eigenvalue weighted by atomic mass is 15.2. The van der Waals surface area contributed by atoms with Crippen LogP contribution in [0.25, 0.3) is 0 Å². The van der Waals surface area contributed by atoms with Crippen LogP contribution in [0.5, 0.6) is 0 Å². The van der Waals surface area contributed by atoms with E-state index < -0.39 is 0 Å². The average Bonchev–Trinajstić information content (AvgIpc) is 3.08. The van der Waals surface area contributed by atoms with Crippen molar-refractivity contribution in [3.8, 4) is 0 Å². The highest BCUT2D eigenvalue weighted by Crippen LogP contribution is 2.15. The number of hydrogen-bond acceptors (Lipinski definition) is 4. The van der Waals surface area contributed by atoms with E-state index in [2.05, 4.69) is 19.8 Å². The Morgan fingerprint density at radius 3 is 1.50 bits per heavy atom. The third kappa shape index (κ3) is 2.68. The Morgan fingerprint density at radius 2 is 1.06 bits per heavy atom. The molecular weight excluding hydrogens is 224 g/mol. The summed E-state index contributed by atoms with van der Waals surface area (Å²) in [5.74, 6) is 2.75. The molecule has 0 radical (unpaired) electrons. The fraction of sp³-hybridized carbons (Fsp3) is 0.857. The van der Waals surface area contributed by atoms with E-state index in [1.807, 2.05) is 0 Å². The first-order chi connectivity index (χ1) is 8.93. The minimum atomic E-state index is 1.08. The molecule has 4 nitrogen and oxygen atoms in total. The number of aliphatic imine (C=N–C) groups is 2. The number of fused-ring (bicyclic) bond motifs is 2. The van der Waals surface area contributed by atoms with Gasteiger partial charge in [-0.3, -0.25) is 9.98 Å². The molecule has 4 rings (SSSR count). The van der Waals surface area contributed by atoms with Gasteiger partial charge in [-0.05, 0) is 25.7 Å². The molecule has 0 aliphatic carbocycles. The molecule has 4 heteroatoms. The summed E-state index contributed by atoms with van der Waals surface area (Å²) in [5.41, 5.74) is 0. The third-order valence-corrected chi connectivity index (χ3v) is 4.15. The van der Waals surface area contributed by atoms with Gasteiger partial charge in [-0.2, -0.15) is 0 Å². The molecule has 0 aromatic heterocycles. The number of amidine groups is 2. The van der Waals surface area contributed by atoms with Crippen LogP contribution in [0.3, 0.4) is 0 Å². The maximum atomic E-state index is 4.43. The van der Waals surface area contributed by atoms with Crippen molar-refractivity contribution in [3.63, 3.8) is 0 Å². The van der Waals surface area contributed by atoms with Gasteiger partial charge in [-0.1, -0.05) is 0 Å². The zero-order valence-corrected chi connectivity index (χ0v) is 11.3. The molecule has 2 saturated heterocycles. The summed E-state index contributed by atoms with van der Waals surface area (Å²) >= 11 is 0. The molecule has 2 fully saturated rings. The van der Waals surface area contributed by atoms with Crippen molar-refractivity contribution in [2.75, 3.05) is 39.3 Å². The molecule has 4 aliphatic rings. The van der Waals surface area contributed by atoms with Gasteiger partial charge in [0.15, 0.2) is 0 Å². The lowest BCUT2D eigenvalue weighted by molar-refractivity contribution is 0.427. The maximum absolute atomic E-state index is 4.43. The van der Waals surface area contributed by atoms with Crippen molar-refractivity contribution in [2.45, 2.75) is 38.5 Å². The van der Waals surface area contributed by atoms with E-state index in [0.717, 1.165) is 13.1 Å². The SMILES string of the molecule is C1CN=C2CCCN2C1.C1CN=C2CCCN2C1. The van der Waals surface area contributed by atoms with Crippen molar-refractivity contribution < 1.29 is 0 Å². The Morgan fingerprint density at radius 1 is 0.611 bits per heavy atom. The Hall–Kier alpha value is -1.06. The minimum absolute atomic E-state index is 1.08. The number of rotatable bonds is 0. The molecule has 0 bridgehead atoms. The quantitative estimate of drug-likeness (QED) is 0.654. The molecule has 0 aromatic rings. The largest absolute Gasteiger partial charge is 0.360 e. The molecule has 0 unspecified atom stereocenters. The monoisotopic (exact) mass is 248 g/mol. The molecule has 0 saturated carbocycles. The molecule has 0 amide bonds. The van der Waals surface area contributed by atoms with Crippen molar-refractivity contribution in [3.05, 3.63) is 0 Å². The van der Waals surface area contributed by atoms with Crippen molar-refractivity contribution in [1.29, 1.82) is 0 Å². The van der Waals surface area contributed by atoms with E-state index in [0.29, 0.717) is 0 Å². The Labute approximate surface area is 110 Å². The Kier molecular flexibility index (Phi) is 3.81. The smallest absolute Gasteiger partial charge is 0.0989 e. The lowest BCUT2D eigenvalue weighted by Crippen LogP contribution is -2.29. The van der Waals surface area contributed by atoms with Crippen molar-refractivity contribution in [2.24, 2.45) is 9.98 Å². The summed E-state index contributed by atoms with van der Waals surface area (Å²) in [5, 5.41) is 0. The van der Waals surface area contributed by atoms with E-state index in [4.69, 9.17) is 0 Å². The molecule has 0 spiro atoms. The second-order valence-electron chi connectivity index (χ2n) is 5.48. The van der Waals surface area contributed by atoms with Gasteiger partial charge in [-0.25, -0.2) is 0 Å². The van der Waals surface area contributed by atoms with Gasteiger partial charge in [-0.15, -0.1) is 0 Å². The van der Waals surface area contributed by atoms with Crippen LogP contribution in [0.2, 0.25) is 0 Å². The molecule has 0 aromatic carbocycles. The topological polar surface area (TPSA) is 31.2 Å². The van der Waals surface area contributed by atoms with Crippen LogP contribution in [0.1, 0.15) is 38.5 Å². The fourth-order valence-corrected chi connectivity index (χ4v) is 3.21. The van der Waals surface area contributed by atoms with Gasteiger partial charge in [0.2, 0.25) is 0 Å². The minimum Gasteiger partial charge on any atom is -0.360 e. The molecule has 4 heterocycles. The summed E-state index contributed by atoms with van der Waals surface area (Å²) in [6, 6.07) is 0. The second-order valence-corrected chi connectivity index (χ2v) is 5.48. The molecule has 0 atom stereocenters. The summed E-state index contributed by atoms with van der Waals surface area (Å²) in [6.07, 6.45) is 7.67. The van der Waals surface area contributed by atoms with E-state index >= 15 is 0 Å². The third-order valence-electron chi connectivity index (χ3n) is 4.15. The molecule has 4 aliphatic heterocycles. The van der Waals surface area contributed by atoms with Crippen LogP contribution in [0.4, 0.5) is 0 Å². The molecule has 0 N–H and O–H groups in total. The average molecular weight is 248 g/mol. The predicted octanol–water partition coefficient (Wildman–Crippen LogP) is 1.77. The number of hydrogen-bond donors (Lipinski definition) is 0. The maximum Gasteiger partial charge on any atom is 0.0989 e. The van der Waals surface area contributed by atoms with E-state index in [1.54, 1.807) is 0 Å². The van der Waals surface area contributed by atoms with Crippen LogP contribution in [-0.4, -0.2) is 60.7 Å². The van der Waals surface area contributed by atoms with Gasteiger partial charge in [0.25, 0.3) is 0 Å². The van der Waals surface area contributed by atoms with E-state index in [1.165, 1.54) is 76.4 Å². The summed E-state index contributed by atoms with van der Waals surface area (Å²) < 4.78 is 0. The van der Waals surface area contributed by atoms with Gasteiger partial charge in [0.1, 0.15) is 0 Å². The highest BCUT2D eigenvalue weighted by Gasteiger charge is 2.20. The van der Waals surface area contributed by atoms with Crippen molar-refractivity contribution in [1.82, 2.24) is 9.80 Å². The molecule has 100 valence electrons. The van der Waals surface area contributed by atoms with Crippen LogP contribution < -0.4 is 0 Å². The summed E-state index contributed by atoms with van der Waals surface area (Å²) in [4.78, 5) is 13.7. The van der Waals surface area contributed by atoms with E-state index in [-0.39, 0.29) is 0 Å². The normalized spacial score (nSPS) is 25.8. The summed E-state index contributed by atoms with van der Waals surface area (Å²) in [7, 11) is 0. The van der Waals surface area contributed by atoms with Gasteiger partial charge in [0.05, 0.1) is 11.7 Å². The van der Waals surface area contributed by atoms with Crippen LogP contribution in [0.15, 0.2) is 9.98 Å². The lowest BCUT2D eigenvalue weighted by atomic mass is 10.3. The highest BCUT2D eigenvalue weighted by molar-refractivity contribution is 5.84. The zero-order chi connectivity index (χ0) is 12.2. The van der Waals surface area contributed by atoms with Crippen LogP contribution in [-0.2, 0) is 0 Å². The van der Waals surface area contributed by atoms with Crippen LogP contribution in [0, 0.1) is 0 Å². The Balaban J connectivity index is 0.000000111. The lowest BCUT2D eigenvalue weighted by Gasteiger charge is -2.21. The molecular formula is C14H24N4. The first-order valence-electron chi connectivity index (χ1n) is 7.50. The number of nitrogens with zero attached hydrogens (tertiary/aromatic N) is 4. The zero-order valence-electron chi connectivity index (χ0n) is 11.3. The molecule has 18 heavy (non-hydrogen) atoms. The van der Waals surface area contributed by atoms with E-state index in [9.17, 15) is 0 Å². The summed E-state index contributed by atoms with van der Waals surface area (Å²) in [6.45, 7) is 7.20.